The Morgan fingerprint density at radius 2 is 2.00 bits per heavy atom. The van der Waals surface area contributed by atoms with Crippen molar-refractivity contribution in [2.24, 2.45) is 0 Å². The zero-order valence-electron chi connectivity index (χ0n) is 10.0. The standard InChI is InChI=1S/C13H12BrNO3/c1-15(9-5-3-4-6-10(9)17-2)13(16)11-7-8-12(14)18-11/h3-8H,1-2H3. The summed E-state index contributed by atoms with van der Waals surface area (Å²) in [5.74, 6) is 0.680. The molecular formula is C13H12BrNO3. The maximum atomic E-state index is 12.2. The molecule has 1 aromatic carbocycles. The first-order chi connectivity index (χ1) is 8.63. The van der Waals surface area contributed by atoms with E-state index in [0.717, 1.165) is 0 Å². The maximum absolute atomic E-state index is 12.2. The SMILES string of the molecule is COc1ccccc1N(C)C(=O)c1ccc(Br)o1. The molecule has 5 heteroatoms. The molecule has 1 aromatic heterocycles. The van der Waals surface area contributed by atoms with E-state index >= 15 is 0 Å². The summed E-state index contributed by atoms with van der Waals surface area (Å²) in [4.78, 5) is 13.7. The Balaban J connectivity index is 2.31. The number of hydrogen-bond acceptors (Lipinski definition) is 3. The molecule has 0 N–H and O–H groups in total. The Morgan fingerprint density at radius 3 is 2.61 bits per heavy atom. The fourth-order valence-electron chi connectivity index (χ4n) is 1.61. The molecule has 1 amide bonds. The molecule has 4 nitrogen and oxygen atoms in total. The first kappa shape index (κ1) is 12.7. The highest BCUT2D eigenvalue weighted by Gasteiger charge is 2.19. The van der Waals surface area contributed by atoms with Crippen LogP contribution in [0.1, 0.15) is 10.6 Å². The number of methoxy groups -OCH3 is 1. The van der Waals surface area contributed by atoms with E-state index in [2.05, 4.69) is 15.9 Å². The summed E-state index contributed by atoms with van der Waals surface area (Å²) in [6.45, 7) is 0. The maximum Gasteiger partial charge on any atom is 0.293 e. The molecule has 1 heterocycles. The summed E-state index contributed by atoms with van der Waals surface area (Å²) in [6.07, 6.45) is 0. The first-order valence-corrected chi connectivity index (χ1v) is 6.09. The minimum absolute atomic E-state index is 0.231. The van der Waals surface area contributed by atoms with Gasteiger partial charge < -0.3 is 14.1 Å². The van der Waals surface area contributed by atoms with Crippen LogP contribution in [0.5, 0.6) is 5.75 Å². The molecule has 0 aliphatic carbocycles. The molecule has 2 aromatic rings. The molecule has 2 rings (SSSR count). The van der Waals surface area contributed by atoms with Crippen LogP contribution in [0, 0.1) is 0 Å². The van der Waals surface area contributed by atoms with Gasteiger partial charge in [0, 0.05) is 7.05 Å². The minimum Gasteiger partial charge on any atom is -0.495 e. The summed E-state index contributed by atoms with van der Waals surface area (Å²) >= 11 is 3.17. The number of ether oxygens (including phenoxy) is 1. The quantitative estimate of drug-likeness (QED) is 0.873. The monoisotopic (exact) mass is 309 g/mol. The third kappa shape index (κ3) is 2.41. The molecular weight excluding hydrogens is 298 g/mol. The zero-order chi connectivity index (χ0) is 13.1. The second-order valence-corrected chi connectivity index (χ2v) is 4.42. The number of para-hydroxylation sites is 2. The van der Waals surface area contributed by atoms with Crippen molar-refractivity contribution in [2.45, 2.75) is 0 Å². The third-order valence-electron chi connectivity index (χ3n) is 2.54. The normalized spacial score (nSPS) is 10.2. The number of amides is 1. The van der Waals surface area contributed by atoms with Crippen LogP contribution in [0.15, 0.2) is 45.5 Å². The Bertz CT molecular complexity index is 565. The minimum atomic E-state index is -0.231. The van der Waals surface area contributed by atoms with Gasteiger partial charge in [0.1, 0.15) is 5.75 Å². The van der Waals surface area contributed by atoms with Crippen LogP contribution in [0.25, 0.3) is 0 Å². The molecule has 0 unspecified atom stereocenters. The van der Waals surface area contributed by atoms with Gasteiger partial charge >= 0.3 is 0 Å². The van der Waals surface area contributed by atoms with Gasteiger partial charge in [-0.2, -0.15) is 0 Å². The summed E-state index contributed by atoms with van der Waals surface area (Å²) in [5.41, 5.74) is 0.692. The molecule has 0 atom stereocenters. The molecule has 0 aliphatic rings. The number of carbonyl (C=O) groups is 1. The lowest BCUT2D eigenvalue weighted by Crippen LogP contribution is -2.26. The van der Waals surface area contributed by atoms with Gasteiger partial charge in [-0.1, -0.05) is 12.1 Å². The van der Waals surface area contributed by atoms with Gasteiger partial charge in [0.2, 0.25) is 0 Å². The number of nitrogens with zero attached hydrogens (tertiary/aromatic N) is 1. The number of carbonyl (C=O) groups excluding carboxylic acids is 1. The molecule has 94 valence electrons. The molecule has 0 spiro atoms. The Morgan fingerprint density at radius 1 is 1.28 bits per heavy atom. The predicted molar refractivity (Wildman–Crippen MR) is 72.1 cm³/mol. The second kappa shape index (κ2) is 5.27. The number of hydrogen-bond donors (Lipinski definition) is 0. The summed E-state index contributed by atoms with van der Waals surface area (Å²) in [7, 11) is 3.25. The lowest BCUT2D eigenvalue weighted by molar-refractivity contribution is 0.0964. The zero-order valence-corrected chi connectivity index (χ0v) is 11.6. The number of rotatable bonds is 3. The van der Waals surface area contributed by atoms with Crippen LogP contribution in [0.3, 0.4) is 0 Å². The van der Waals surface area contributed by atoms with E-state index in [1.807, 2.05) is 18.2 Å². The van der Waals surface area contributed by atoms with E-state index in [1.165, 1.54) is 4.90 Å². The molecule has 0 fully saturated rings. The smallest absolute Gasteiger partial charge is 0.293 e. The van der Waals surface area contributed by atoms with Gasteiger partial charge in [-0.25, -0.2) is 0 Å². The van der Waals surface area contributed by atoms with Gasteiger partial charge in [0.25, 0.3) is 5.91 Å². The Hall–Kier alpha value is -1.75. The fraction of sp³-hybridized carbons (Fsp3) is 0.154. The van der Waals surface area contributed by atoms with Crippen molar-refractivity contribution in [3.05, 3.63) is 46.8 Å². The van der Waals surface area contributed by atoms with Crippen LogP contribution in [0.2, 0.25) is 0 Å². The topological polar surface area (TPSA) is 42.7 Å². The van der Waals surface area contributed by atoms with Crippen LogP contribution in [-0.4, -0.2) is 20.1 Å². The average molecular weight is 310 g/mol. The largest absolute Gasteiger partial charge is 0.495 e. The van der Waals surface area contributed by atoms with E-state index in [4.69, 9.17) is 9.15 Å². The fourth-order valence-corrected chi connectivity index (χ4v) is 1.92. The molecule has 0 aliphatic heterocycles. The van der Waals surface area contributed by atoms with E-state index < -0.39 is 0 Å². The highest BCUT2D eigenvalue weighted by Crippen LogP contribution is 2.28. The van der Waals surface area contributed by atoms with Crippen molar-refractivity contribution >= 4 is 27.5 Å². The van der Waals surface area contributed by atoms with Crippen LogP contribution >= 0.6 is 15.9 Å². The lowest BCUT2D eigenvalue weighted by Gasteiger charge is -2.18. The van der Waals surface area contributed by atoms with Crippen molar-refractivity contribution in [1.29, 1.82) is 0 Å². The summed E-state index contributed by atoms with van der Waals surface area (Å²) in [5, 5.41) is 0. The predicted octanol–water partition coefficient (Wildman–Crippen LogP) is 3.33. The Kier molecular flexibility index (Phi) is 3.72. The highest BCUT2D eigenvalue weighted by molar-refractivity contribution is 9.10. The number of furan rings is 1. The van der Waals surface area contributed by atoms with Crippen LogP contribution in [-0.2, 0) is 0 Å². The molecule has 0 saturated carbocycles. The Labute approximate surface area is 113 Å². The van der Waals surface area contributed by atoms with Gasteiger partial charge in [-0.15, -0.1) is 0 Å². The third-order valence-corrected chi connectivity index (χ3v) is 2.96. The number of halogens is 1. The molecule has 18 heavy (non-hydrogen) atoms. The van der Waals surface area contributed by atoms with Crippen molar-refractivity contribution in [1.82, 2.24) is 0 Å². The van der Waals surface area contributed by atoms with Crippen molar-refractivity contribution in [2.75, 3.05) is 19.1 Å². The van der Waals surface area contributed by atoms with Gasteiger partial charge in [-0.3, -0.25) is 4.79 Å². The van der Waals surface area contributed by atoms with E-state index in [9.17, 15) is 4.79 Å². The molecule has 0 radical (unpaired) electrons. The number of anilines is 1. The van der Waals surface area contributed by atoms with E-state index in [-0.39, 0.29) is 11.7 Å². The van der Waals surface area contributed by atoms with E-state index in [1.54, 1.807) is 32.4 Å². The van der Waals surface area contributed by atoms with Gasteiger partial charge in [-0.05, 0) is 40.2 Å². The summed E-state index contributed by atoms with van der Waals surface area (Å²) in [6, 6.07) is 10.6. The van der Waals surface area contributed by atoms with Crippen molar-refractivity contribution < 1.29 is 13.9 Å². The first-order valence-electron chi connectivity index (χ1n) is 5.30. The second-order valence-electron chi connectivity index (χ2n) is 3.64. The molecule has 0 bridgehead atoms. The average Bonchev–Trinajstić information content (AvgIpc) is 2.83. The van der Waals surface area contributed by atoms with Crippen molar-refractivity contribution in [3.63, 3.8) is 0 Å². The van der Waals surface area contributed by atoms with E-state index in [0.29, 0.717) is 16.1 Å². The lowest BCUT2D eigenvalue weighted by atomic mass is 10.2. The highest BCUT2D eigenvalue weighted by atomic mass is 79.9. The van der Waals surface area contributed by atoms with Crippen molar-refractivity contribution in [3.8, 4) is 5.75 Å². The summed E-state index contributed by atoms with van der Waals surface area (Å²) < 4.78 is 11.0. The van der Waals surface area contributed by atoms with Gasteiger partial charge in [0.15, 0.2) is 10.4 Å². The number of benzene rings is 1. The van der Waals surface area contributed by atoms with Gasteiger partial charge in [0.05, 0.1) is 12.8 Å². The molecule has 0 saturated heterocycles. The van der Waals surface area contributed by atoms with Crippen LogP contribution < -0.4 is 9.64 Å². The van der Waals surface area contributed by atoms with Crippen LogP contribution in [0.4, 0.5) is 5.69 Å².